The second kappa shape index (κ2) is 12.0. The minimum absolute atomic E-state index is 0.0536. The summed E-state index contributed by atoms with van der Waals surface area (Å²) in [6.07, 6.45) is -3.72. The SMILES string of the molecule is CCOC(=O)[C@H](CSSC(C)(C)C)NC(=O)O[C@H]1C(O)[C@@H](CC)O[C@H]1n1ccc(=O)[nH]c1=O. The van der Waals surface area contributed by atoms with E-state index in [1.165, 1.54) is 17.0 Å². The number of nitrogens with one attached hydrogen (secondary N) is 2. The van der Waals surface area contributed by atoms with Crippen molar-refractivity contribution in [3.05, 3.63) is 33.1 Å². The first-order valence-corrected chi connectivity index (χ1v) is 12.9. The van der Waals surface area contributed by atoms with Crippen LogP contribution < -0.4 is 16.6 Å². The number of aromatic amines is 1. The third kappa shape index (κ3) is 7.80. The maximum atomic E-state index is 12.7. The van der Waals surface area contributed by atoms with E-state index in [0.717, 1.165) is 10.6 Å². The molecule has 1 aliphatic heterocycles. The molecule has 1 saturated heterocycles. The van der Waals surface area contributed by atoms with Crippen molar-refractivity contribution in [1.29, 1.82) is 0 Å². The monoisotopic (exact) mass is 505 g/mol. The van der Waals surface area contributed by atoms with Crippen LogP contribution in [0.1, 0.15) is 47.3 Å². The summed E-state index contributed by atoms with van der Waals surface area (Å²) in [6.45, 7) is 9.65. The van der Waals surface area contributed by atoms with Gasteiger partial charge in [0.15, 0.2) is 12.3 Å². The highest BCUT2D eigenvalue weighted by molar-refractivity contribution is 8.77. The number of hydrogen-bond acceptors (Lipinski definition) is 10. The summed E-state index contributed by atoms with van der Waals surface area (Å²) in [7, 11) is 2.96. The highest BCUT2D eigenvalue weighted by atomic mass is 33.1. The Kier molecular flexibility index (Phi) is 9.88. The van der Waals surface area contributed by atoms with E-state index in [0.29, 0.717) is 6.42 Å². The first-order chi connectivity index (χ1) is 15.5. The van der Waals surface area contributed by atoms with E-state index < -0.39 is 53.9 Å². The van der Waals surface area contributed by atoms with E-state index in [2.05, 4.69) is 10.3 Å². The summed E-state index contributed by atoms with van der Waals surface area (Å²) in [5.41, 5.74) is -1.37. The van der Waals surface area contributed by atoms with Gasteiger partial charge in [-0.3, -0.25) is 14.3 Å². The number of ether oxygens (including phenoxy) is 3. The summed E-state index contributed by atoms with van der Waals surface area (Å²) in [6, 6.07) is 0.141. The van der Waals surface area contributed by atoms with Gasteiger partial charge in [0.2, 0.25) is 0 Å². The van der Waals surface area contributed by atoms with Gasteiger partial charge in [-0.2, -0.15) is 0 Å². The summed E-state index contributed by atoms with van der Waals surface area (Å²) in [5, 5.41) is 13.1. The predicted molar refractivity (Wildman–Crippen MR) is 125 cm³/mol. The van der Waals surface area contributed by atoms with Gasteiger partial charge in [0.05, 0.1) is 12.7 Å². The van der Waals surface area contributed by atoms with Gasteiger partial charge in [-0.25, -0.2) is 14.4 Å². The largest absolute Gasteiger partial charge is 0.464 e. The molecule has 2 heterocycles. The molecule has 0 radical (unpaired) electrons. The number of rotatable bonds is 9. The molecule has 11 nitrogen and oxygen atoms in total. The smallest absolute Gasteiger partial charge is 0.408 e. The van der Waals surface area contributed by atoms with Gasteiger partial charge in [0, 0.05) is 22.8 Å². The fourth-order valence-corrected chi connectivity index (χ4v) is 5.47. The molecule has 1 aliphatic rings. The maximum absolute atomic E-state index is 12.7. The molecule has 0 aromatic carbocycles. The first-order valence-electron chi connectivity index (χ1n) is 10.6. The molecular formula is C20H31N3O8S2. The fourth-order valence-electron chi connectivity index (χ4n) is 3.02. The van der Waals surface area contributed by atoms with Gasteiger partial charge in [-0.05, 0) is 13.3 Å². The van der Waals surface area contributed by atoms with Crippen molar-refractivity contribution in [3.8, 4) is 0 Å². The van der Waals surface area contributed by atoms with Crippen LogP contribution in [-0.4, -0.2) is 68.2 Å². The number of carbonyl (C=O) groups excluding carboxylic acids is 2. The Balaban J connectivity index is 2.15. The quantitative estimate of drug-likeness (QED) is 0.332. The molecule has 13 heteroatoms. The lowest BCUT2D eigenvalue weighted by atomic mass is 10.1. The minimum atomic E-state index is -1.25. The summed E-state index contributed by atoms with van der Waals surface area (Å²) >= 11 is 0. The van der Waals surface area contributed by atoms with Crippen LogP contribution in [0.5, 0.6) is 0 Å². The molecule has 0 aliphatic carbocycles. The standard InChI is InChI=1S/C20H31N3O8S2/c1-6-12-14(25)15(16(30-12)23-9-8-13(24)22-18(23)27)31-19(28)21-11(17(26)29-7-2)10-32-33-20(3,4)5/h8-9,11-12,14-16,25H,6-7,10H2,1-5H3,(H,21,28)(H,22,24,27)/t11-,12+,14?,15-,16+/m0/s1. The number of alkyl carbamates (subject to hydrolysis) is 1. The van der Waals surface area contributed by atoms with Crippen LogP contribution in [0.2, 0.25) is 0 Å². The lowest BCUT2D eigenvalue weighted by Crippen LogP contribution is -2.47. The van der Waals surface area contributed by atoms with E-state index >= 15 is 0 Å². The molecule has 3 N–H and O–H groups in total. The molecule has 33 heavy (non-hydrogen) atoms. The van der Waals surface area contributed by atoms with Crippen molar-refractivity contribution in [1.82, 2.24) is 14.9 Å². The number of esters is 1. The normalized spacial score (nSPS) is 23.7. The molecule has 0 spiro atoms. The topological polar surface area (TPSA) is 149 Å². The number of nitrogens with zero attached hydrogens (tertiary/aromatic N) is 1. The predicted octanol–water partition coefficient (Wildman–Crippen LogP) is 1.41. The second-order valence-corrected chi connectivity index (χ2v) is 11.4. The summed E-state index contributed by atoms with van der Waals surface area (Å²) in [5.74, 6) is -0.375. The number of amides is 1. The molecule has 1 fully saturated rings. The molecule has 0 saturated carbocycles. The number of H-pyrrole nitrogens is 1. The van der Waals surface area contributed by atoms with Crippen LogP contribution in [0.3, 0.4) is 0 Å². The molecule has 1 unspecified atom stereocenters. The molecule has 1 amide bonds. The molecule has 1 aromatic rings. The molecular weight excluding hydrogens is 474 g/mol. The molecule has 2 rings (SSSR count). The summed E-state index contributed by atoms with van der Waals surface area (Å²) < 4.78 is 17.2. The van der Waals surface area contributed by atoms with Gasteiger partial charge in [0.1, 0.15) is 12.1 Å². The molecule has 1 aromatic heterocycles. The van der Waals surface area contributed by atoms with E-state index in [1.54, 1.807) is 24.6 Å². The van der Waals surface area contributed by atoms with E-state index in [-0.39, 0.29) is 17.1 Å². The minimum Gasteiger partial charge on any atom is -0.464 e. The number of aliphatic hydroxyl groups is 1. The van der Waals surface area contributed by atoms with E-state index in [1.807, 2.05) is 20.8 Å². The number of carbonyl (C=O) groups is 2. The van der Waals surface area contributed by atoms with Crippen molar-refractivity contribution in [2.75, 3.05) is 12.4 Å². The number of hydrogen-bond donors (Lipinski definition) is 3. The molecule has 5 atom stereocenters. The third-order valence-corrected chi connectivity index (χ3v) is 7.84. The van der Waals surface area contributed by atoms with Gasteiger partial charge >= 0.3 is 17.8 Å². The maximum Gasteiger partial charge on any atom is 0.408 e. The lowest BCUT2D eigenvalue weighted by molar-refractivity contribution is -0.145. The van der Waals surface area contributed by atoms with Gasteiger partial charge < -0.3 is 24.6 Å². The van der Waals surface area contributed by atoms with Crippen LogP contribution in [0.25, 0.3) is 0 Å². The average molecular weight is 506 g/mol. The van der Waals surface area contributed by atoms with Crippen LogP contribution in [0, 0.1) is 0 Å². The zero-order valence-electron chi connectivity index (χ0n) is 19.2. The van der Waals surface area contributed by atoms with Crippen LogP contribution in [0.4, 0.5) is 4.79 Å². The van der Waals surface area contributed by atoms with Gasteiger partial charge in [-0.15, -0.1) is 0 Å². The van der Waals surface area contributed by atoms with E-state index in [9.17, 15) is 24.3 Å². The van der Waals surface area contributed by atoms with Crippen molar-refractivity contribution in [3.63, 3.8) is 0 Å². The van der Waals surface area contributed by atoms with Crippen LogP contribution in [0.15, 0.2) is 21.9 Å². The van der Waals surface area contributed by atoms with E-state index in [4.69, 9.17) is 14.2 Å². The Morgan fingerprint density at radius 3 is 2.61 bits per heavy atom. The first kappa shape index (κ1) is 27.3. The zero-order chi connectivity index (χ0) is 24.8. The molecule has 0 bridgehead atoms. The Hall–Kier alpha value is -1.96. The van der Waals surface area contributed by atoms with Crippen LogP contribution in [-0.2, 0) is 19.0 Å². The molecule has 186 valence electrons. The Labute approximate surface area is 199 Å². The number of aromatic nitrogens is 2. The Morgan fingerprint density at radius 2 is 2.03 bits per heavy atom. The Morgan fingerprint density at radius 1 is 1.33 bits per heavy atom. The van der Waals surface area contributed by atoms with Crippen LogP contribution >= 0.6 is 21.6 Å². The highest BCUT2D eigenvalue weighted by Crippen LogP contribution is 2.35. The number of aliphatic hydroxyl groups excluding tert-OH is 1. The van der Waals surface area contributed by atoms with Gasteiger partial charge in [0.25, 0.3) is 5.56 Å². The fraction of sp³-hybridized carbons (Fsp3) is 0.700. The average Bonchev–Trinajstić information content (AvgIpc) is 3.02. The van der Waals surface area contributed by atoms with Crippen molar-refractivity contribution in [2.45, 2.75) is 76.4 Å². The Bertz CT molecular complexity index is 929. The lowest BCUT2D eigenvalue weighted by Gasteiger charge is -2.24. The highest BCUT2D eigenvalue weighted by Gasteiger charge is 2.47. The van der Waals surface area contributed by atoms with Crippen molar-refractivity contribution >= 4 is 33.7 Å². The third-order valence-electron chi connectivity index (χ3n) is 4.49. The summed E-state index contributed by atoms with van der Waals surface area (Å²) in [4.78, 5) is 50.7. The van der Waals surface area contributed by atoms with Gasteiger partial charge in [-0.1, -0.05) is 49.3 Å². The van der Waals surface area contributed by atoms with Crippen molar-refractivity contribution in [2.24, 2.45) is 0 Å². The zero-order valence-corrected chi connectivity index (χ0v) is 20.9. The second-order valence-electron chi connectivity index (χ2n) is 8.28. The van der Waals surface area contributed by atoms with Crippen molar-refractivity contribution < 1.29 is 28.9 Å².